The van der Waals surface area contributed by atoms with Gasteiger partial charge in [0.15, 0.2) is 3.95 Å². The standard InChI is InChI=1S/C18H12N4O2S2/c23-16(11-5-7-19-8-6-11)21-22-17(24)15(26-18(22)25)9-12-10-20-14-4-2-1-3-13(12)14/h1-10,24H,(H,21,23). The number of carbonyl (C=O) groups is 1. The third kappa shape index (κ3) is 2.96. The van der Waals surface area contributed by atoms with E-state index in [0.717, 1.165) is 16.8 Å². The number of hydrogen-bond donors (Lipinski definition) is 2. The van der Waals surface area contributed by atoms with Crippen molar-refractivity contribution in [3.05, 3.63) is 68.8 Å². The smallest absolute Gasteiger partial charge is 0.270 e. The van der Waals surface area contributed by atoms with Crippen LogP contribution in [0, 0.1) is 3.95 Å². The van der Waals surface area contributed by atoms with Crippen LogP contribution in [0.25, 0.3) is 11.6 Å². The number of rotatable bonds is 3. The lowest BCUT2D eigenvalue weighted by Crippen LogP contribution is -2.22. The number of aromatic hydroxyl groups is 1. The molecule has 8 heteroatoms. The molecule has 0 aliphatic carbocycles. The molecule has 0 radical (unpaired) electrons. The Balaban J connectivity index is 1.66. The Morgan fingerprint density at radius 1 is 1.23 bits per heavy atom. The summed E-state index contributed by atoms with van der Waals surface area (Å²) in [7, 11) is 0. The van der Waals surface area contributed by atoms with Gasteiger partial charge in [-0.05, 0) is 36.5 Å². The highest BCUT2D eigenvalue weighted by Crippen LogP contribution is 2.35. The summed E-state index contributed by atoms with van der Waals surface area (Å²) in [6.07, 6.45) is 6.59. The predicted octanol–water partition coefficient (Wildman–Crippen LogP) is 4.02. The van der Waals surface area contributed by atoms with E-state index in [4.69, 9.17) is 12.2 Å². The zero-order valence-electron chi connectivity index (χ0n) is 13.3. The molecule has 6 nitrogen and oxygen atoms in total. The molecule has 1 aromatic carbocycles. The number of fused-ring (bicyclic) bond motifs is 1. The van der Waals surface area contributed by atoms with Gasteiger partial charge in [-0.2, -0.15) is 4.68 Å². The van der Waals surface area contributed by atoms with Gasteiger partial charge < -0.3 is 5.11 Å². The van der Waals surface area contributed by atoms with Crippen LogP contribution in [0.5, 0.6) is 5.88 Å². The van der Waals surface area contributed by atoms with Crippen molar-refractivity contribution in [3.8, 4) is 5.88 Å². The summed E-state index contributed by atoms with van der Waals surface area (Å²) in [5, 5.41) is 10.5. The Morgan fingerprint density at radius 3 is 2.81 bits per heavy atom. The van der Waals surface area contributed by atoms with Crippen molar-refractivity contribution in [1.82, 2.24) is 9.66 Å². The molecule has 2 aromatic heterocycles. The van der Waals surface area contributed by atoms with Crippen molar-refractivity contribution in [3.63, 3.8) is 0 Å². The second kappa shape index (κ2) is 6.66. The second-order valence-corrected chi connectivity index (χ2v) is 7.12. The zero-order valence-corrected chi connectivity index (χ0v) is 14.9. The van der Waals surface area contributed by atoms with Crippen LogP contribution in [0.4, 0.5) is 5.69 Å². The summed E-state index contributed by atoms with van der Waals surface area (Å²) in [5.74, 6) is -0.503. The minimum absolute atomic E-state index is 0.118. The van der Waals surface area contributed by atoms with Crippen LogP contribution in [0.15, 0.2) is 53.8 Å². The molecule has 4 rings (SSSR count). The SMILES string of the molecule is O=C(Nn1c(O)c(C=C2C=Nc3ccccc32)sc1=S)c1ccncc1. The van der Waals surface area contributed by atoms with Gasteiger partial charge in [0, 0.05) is 35.3 Å². The minimum Gasteiger partial charge on any atom is -0.492 e. The summed E-state index contributed by atoms with van der Waals surface area (Å²) in [6, 6.07) is 10.9. The van der Waals surface area contributed by atoms with E-state index < -0.39 is 0 Å². The van der Waals surface area contributed by atoms with Crippen molar-refractivity contribution < 1.29 is 9.90 Å². The maximum absolute atomic E-state index is 12.3. The number of nitrogens with one attached hydrogen (secondary N) is 1. The highest BCUT2D eigenvalue weighted by Gasteiger charge is 2.16. The monoisotopic (exact) mass is 380 g/mol. The van der Waals surface area contributed by atoms with Gasteiger partial charge in [0.05, 0.1) is 10.6 Å². The third-order valence-corrected chi connectivity index (χ3v) is 5.12. The molecule has 0 saturated heterocycles. The average molecular weight is 380 g/mol. The van der Waals surface area contributed by atoms with Crippen LogP contribution in [-0.2, 0) is 0 Å². The molecule has 0 saturated carbocycles. The van der Waals surface area contributed by atoms with E-state index in [0.29, 0.717) is 14.4 Å². The highest BCUT2D eigenvalue weighted by molar-refractivity contribution is 7.73. The Bertz CT molecular complexity index is 1110. The minimum atomic E-state index is -0.386. The topological polar surface area (TPSA) is 79.5 Å². The third-order valence-electron chi connectivity index (χ3n) is 3.81. The van der Waals surface area contributed by atoms with Gasteiger partial charge in [0.1, 0.15) is 0 Å². The predicted molar refractivity (Wildman–Crippen MR) is 105 cm³/mol. The normalized spacial score (nSPS) is 13.8. The van der Waals surface area contributed by atoms with Crippen LogP contribution in [0.1, 0.15) is 20.8 Å². The highest BCUT2D eigenvalue weighted by atomic mass is 32.1. The average Bonchev–Trinajstić information content (AvgIpc) is 3.19. The van der Waals surface area contributed by atoms with Crippen LogP contribution in [0.2, 0.25) is 0 Å². The Morgan fingerprint density at radius 2 is 2.00 bits per heavy atom. The number of thiazole rings is 1. The number of allylic oxidation sites excluding steroid dienone is 1. The fourth-order valence-corrected chi connectivity index (χ4v) is 3.72. The Labute approximate surface area is 157 Å². The van der Waals surface area contributed by atoms with Crippen LogP contribution in [-0.4, -0.2) is 26.9 Å². The molecule has 0 atom stereocenters. The molecule has 0 unspecified atom stereocenters. The maximum atomic E-state index is 12.3. The van der Waals surface area contributed by atoms with E-state index in [2.05, 4.69) is 15.4 Å². The molecule has 128 valence electrons. The van der Waals surface area contributed by atoms with Crippen molar-refractivity contribution in [2.75, 3.05) is 5.43 Å². The molecule has 0 fully saturated rings. The second-order valence-electron chi connectivity index (χ2n) is 5.44. The van der Waals surface area contributed by atoms with Gasteiger partial charge >= 0.3 is 0 Å². The molecular formula is C18H12N4O2S2. The first-order valence-corrected chi connectivity index (χ1v) is 8.87. The number of para-hydroxylation sites is 1. The summed E-state index contributed by atoms with van der Waals surface area (Å²) in [6.45, 7) is 0. The number of aromatic nitrogens is 2. The number of amides is 1. The number of pyridine rings is 1. The zero-order chi connectivity index (χ0) is 18.1. The Kier molecular flexibility index (Phi) is 4.19. The number of aliphatic imine (C=N–C) groups is 1. The quantitative estimate of drug-likeness (QED) is 0.673. The summed E-state index contributed by atoms with van der Waals surface area (Å²) >= 11 is 6.48. The first kappa shape index (κ1) is 16.4. The molecule has 1 aliphatic heterocycles. The molecule has 3 aromatic rings. The van der Waals surface area contributed by atoms with Crippen LogP contribution >= 0.6 is 23.6 Å². The lowest BCUT2D eigenvalue weighted by atomic mass is 10.1. The van der Waals surface area contributed by atoms with E-state index in [9.17, 15) is 9.90 Å². The van der Waals surface area contributed by atoms with E-state index in [1.165, 1.54) is 28.4 Å². The first-order valence-electron chi connectivity index (χ1n) is 7.65. The Hall–Kier alpha value is -3.10. The largest absolute Gasteiger partial charge is 0.492 e. The maximum Gasteiger partial charge on any atom is 0.270 e. The molecule has 0 spiro atoms. The number of benzene rings is 1. The lowest BCUT2D eigenvalue weighted by molar-refractivity contribution is 0.101. The molecule has 0 bridgehead atoms. The van der Waals surface area contributed by atoms with Gasteiger partial charge in [-0.1, -0.05) is 29.5 Å². The van der Waals surface area contributed by atoms with Gasteiger partial charge in [0.25, 0.3) is 5.91 Å². The first-order chi connectivity index (χ1) is 12.6. The lowest BCUT2D eigenvalue weighted by Gasteiger charge is -2.07. The van der Waals surface area contributed by atoms with Crippen molar-refractivity contribution in [2.45, 2.75) is 0 Å². The molecule has 1 aliphatic rings. The molecule has 2 N–H and O–H groups in total. The van der Waals surface area contributed by atoms with E-state index in [-0.39, 0.29) is 11.8 Å². The fourth-order valence-electron chi connectivity index (χ4n) is 2.54. The summed E-state index contributed by atoms with van der Waals surface area (Å²) in [4.78, 5) is 21.1. The van der Waals surface area contributed by atoms with Crippen molar-refractivity contribution >= 4 is 53.0 Å². The number of hydrogen-bond acceptors (Lipinski definition) is 6. The molecular weight excluding hydrogens is 368 g/mol. The van der Waals surface area contributed by atoms with E-state index in [1.807, 2.05) is 24.3 Å². The molecule has 1 amide bonds. The number of nitrogens with zero attached hydrogens (tertiary/aromatic N) is 3. The van der Waals surface area contributed by atoms with Gasteiger partial charge in [-0.3, -0.25) is 20.2 Å². The fraction of sp³-hybridized carbons (Fsp3) is 0. The molecule has 3 heterocycles. The van der Waals surface area contributed by atoms with Crippen LogP contribution < -0.4 is 5.43 Å². The number of carbonyl (C=O) groups excluding carboxylic acids is 1. The van der Waals surface area contributed by atoms with Crippen molar-refractivity contribution in [2.24, 2.45) is 4.99 Å². The van der Waals surface area contributed by atoms with Crippen LogP contribution in [0.3, 0.4) is 0 Å². The van der Waals surface area contributed by atoms with Gasteiger partial charge in [-0.25, -0.2) is 0 Å². The van der Waals surface area contributed by atoms with Gasteiger partial charge in [-0.15, -0.1) is 0 Å². The van der Waals surface area contributed by atoms with E-state index >= 15 is 0 Å². The van der Waals surface area contributed by atoms with Gasteiger partial charge in [0.2, 0.25) is 5.88 Å². The summed E-state index contributed by atoms with van der Waals surface area (Å²) < 4.78 is 1.53. The molecule has 26 heavy (non-hydrogen) atoms. The summed E-state index contributed by atoms with van der Waals surface area (Å²) in [5.41, 5.74) is 5.76. The van der Waals surface area contributed by atoms with Crippen molar-refractivity contribution in [1.29, 1.82) is 0 Å². The van der Waals surface area contributed by atoms with E-state index in [1.54, 1.807) is 24.4 Å².